The quantitative estimate of drug-likeness (QED) is 0.336. The van der Waals surface area contributed by atoms with Crippen molar-refractivity contribution in [1.82, 2.24) is 10.3 Å². The van der Waals surface area contributed by atoms with Gasteiger partial charge in [0.15, 0.2) is 0 Å². The summed E-state index contributed by atoms with van der Waals surface area (Å²) in [6, 6.07) is 13.5. The van der Waals surface area contributed by atoms with Crippen LogP contribution in [0, 0.1) is 0 Å². The Hall–Kier alpha value is -3.63. The molecule has 0 bridgehead atoms. The van der Waals surface area contributed by atoms with Crippen molar-refractivity contribution in [2.24, 2.45) is 5.73 Å². The standard InChI is InChI=1S/C21H21N3O6S/c22-16(19(27)23-11-18(25)26)9-12-1-5-14(6-2-12)30-15-7-3-13(4-8-15)10-17-20(28)24-21(29)31-17/h1-8,16,28H,9-11,22H2,(H,23,27)(H,24,29)(H,25,26). The van der Waals surface area contributed by atoms with E-state index in [1.54, 1.807) is 36.4 Å². The maximum absolute atomic E-state index is 11.8. The number of benzene rings is 2. The minimum atomic E-state index is -1.13. The van der Waals surface area contributed by atoms with Crippen molar-refractivity contribution >= 4 is 23.2 Å². The van der Waals surface area contributed by atoms with Gasteiger partial charge in [-0.15, -0.1) is 0 Å². The van der Waals surface area contributed by atoms with E-state index in [9.17, 15) is 19.5 Å². The Morgan fingerprint density at radius 1 is 1.06 bits per heavy atom. The van der Waals surface area contributed by atoms with Gasteiger partial charge in [0.2, 0.25) is 11.8 Å². The van der Waals surface area contributed by atoms with Gasteiger partial charge in [0, 0.05) is 6.42 Å². The third-order valence-corrected chi connectivity index (χ3v) is 5.23. The number of aromatic nitrogens is 1. The van der Waals surface area contributed by atoms with Crippen LogP contribution >= 0.6 is 11.3 Å². The molecule has 162 valence electrons. The molecule has 0 aliphatic carbocycles. The highest BCUT2D eigenvalue weighted by molar-refractivity contribution is 7.09. The molecule has 1 amide bonds. The summed E-state index contributed by atoms with van der Waals surface area (Å²) >= 11 is 0.975. The number of carbonyl (C=O) groups excluding carboxylic acids is 1. The molecule has 0 aliphatic rings. The lowest BCUT2D eigenvalue weighted by molar-refractivity contribution is -0.138. The summed E-state index contributed by atoms with van der Waals surface area (Å²) in [5, 5.41) is 20.5. The van der Waals surface area contributed by atoms with Crippen LogP contribution in [0.1, 0.15) is 16.0 Å². The number of rotatable bonds is 9. The van der Waals surface area contributed by atoms with Gasteiger partial charge in [0.05, 0.1) is 10.9 Å². The summed E-state index contributed by atoms with van der Waals surface area (Å²) < 4.78 is 5.81. The van der Waals surface area contributed by atoms with Crippen LogP contribution in [0.2, 0.25) is 0 Å². The van der Waals surface area contributed by atoms with E-state index in [0.717, 1.165) is 22.5 Å². The number of ether oxygens (including phenoxy) is 1. The number of hydrogen-bond donors (Lipinski definition) is 5. The first-order valence-corrected chi connectivity index (χ1v) is 10.1. The molecule has 0 saturated carbocycles. The molecule has 9 nitrogen and oxygen atoms in total. The van der Waals surface area contributed by atoms with Crippen LogP contribution in [-0.2, 0) is 22.4 Å². The summed E-state index contributed by atoms with van der Waals surface area (Å²) in [6.07, 6.45) is 0.697. The number of carboxylic acids is 1. The zero-order valence-electron chi connectivity index (χ0n) is 16.3. The summed E-state index contributed by atoms with van der Waals surface area (Å²) in [4.78, 5) is 36.2. The number of amides is 1. The van der Waals surface area contributed by atoms with E-state index >= 15 is 0 Å². The molecule has 10 heteroatoms. The minimum Gasteiger partial charge on any atom is -0.494 e. The van der Waals surface area contributed by atoms with Gasteiger partial charge in [-0.2, -0.15) is 0 Å². The normalized spacial score (nSPS) is 11.6. The second-order valence-corrected chi connectivity index (χ2v) is 7.84. The number of carboxylic acid groups (broad SMARTS) is 1. The van der Waals surface area contributed by atoms with Crippen molar-refractivity contribution in [3.8, 4) is 17.4 Å². The number of aromatic amines is 1. The fourth-order valence-corrected chi connectivity index (χ4v) is 3.56. The molecule has 0 fully saturated rings. The van der Waals surface area contributed by atoms with E-state index < -0.39 is 24.5 Å². The fraction of sp³-hybridized carbons (Fsp3) is 0.190. The molecule has 6 N–H and O–H groups in total. The molecular formula is C21H21N3O6S. The van der Waals surface area contributed by atoms with Gasteiger partial charge in [-0.1, -0.05) is 35.6 Å². The highest BCUT2D eigenvalue weighted by atomic mass is 32.1. The zero-order chi connectivity index (χ0) is 22.4. The van der Waals surface area contributed by atoms with Crippen LogP contribution < -0.4 is 20.7 Å². The minimum absolute atomic E-state index is 0.102. The number of aromatic hydroxyl groups is 1. The molecule has 3 aromatic rings. The third kappa shape index (κ3) is 6.43. The maximum Gasteiger partial charge on any atom is 0.322 e. The van der Waals surface area contributed by atoms with E-state index in [0.29, 0.717) is 22.8 Å². The first kappa shape index (κ1) is 22.1. The molecule has 1 atom stereocenters. The van der Waals surface area contributed by atoms with Gasteiger partial charge < -0.3 is 26.0 Å². The van der Waals surface area contributed by atoms with Crippen LogP contribution in [0.3, 0.4) is 0 Å². The van der Waals surface area contributed by atoms with Gasteiger partial charge in [0.25, 0.3) is 0 Å². The lowest BCUT2D eigenvalue weighted by Gasteiger charge is -2.12. The van der Waals surface area contributed by atoms with Crippen molar-refractivity contribution < 1.29 is 24.5 Å². The van der Waals surface area contributed by atoms with Crippen molar-refractivity contribution in [2.75, 3.05) is 6.54 Å². The van der Waals surface area contributed by atoms with Crippen LogP contribution in [0.4, 0.5) is 0 Å². The molecular weight excluding hydrogens is 422 g/mol. The molecule has 0 radical (unpaired) electrons. The lowest BCUT2D eigenvalue weighted by Crippen LogP contribution is -2.43. The van der Waals surface area contributed by atoms with Gasteiger partial charge in [-0.05, 0) is 41.8 Å². The molecule has 0 spiro atoms. The lowest BCUT2D eigenvalue weighted by atomic mass is 10.1. The maximum atomic E-state index is 11.8. The van der Waals surface area contributed by atoms with E-state index in [1.165, 1.54) is 0 Å². The predicted molar refractivity (Wildman–Crippen MR) is 115 cm³/mol. The second kappa shape index (κ2) is 9.92. The third-order valence-electron chi connectivity index (χ3n) is 4.35. The van der Waals surface area contributed by atoms with E-state index in [1.807, 2.05) is 12.1 Å². The van der Waals surface area contributed by atoms with Gasteiger partial charge in [0.1, 0.15) is 18.0 Å². The summed E-state index contributed by atoms with van der Waals surface area (Å²) in [5.74, 6) is -0.540. The molecule has 1 heterocycles. The average Bonchev–Trinajstić information content (AvgIpc) is 3.05. The molecule has 1 aromatic heterocycles. The summed E-state index contributed by atoms with van der Waals surface area (Å²) in [7, 11) is 0. The highest BCUT2D eigenvalue weighted by Crippen LogP contribution is 2.25. The van der Waals surface area contributed by atoms with Crippen molar-refractivity contribution in [1.29, 1.82) is 0 Å². The van der Waals surface area contributed by atoms with Gasteiger partial charge in [-0.3, -0.25) is 19.4 Å². The molecule has 0 aliphatic heterocycles. The smallest absolute Gasteiger partial charge is 0.322 e. The summed E-state index contributed by atoms with van der Waals surface area (Å²) in [6.45, 7) is -0.468. The second-order valence-electron chi connectivity index (χ2n) is 6.78. The number of carbonyl (C=O) groups is 2. The number of hydrogen-bond acceptors (Lipinski definition) is 7. The Kier molecular flexibility index (Phi) is 7.06. The SMILES string of the molecule is NC(Cc1ccc(Oc2ccc(Cc3sc(=O)[nH]c3O)cc2)cc1)C(=O)NCC(=O)O. The number of nitrogens with one attached hydrogen (secondary N) is 2. The number of thiazole rings is 1. The molecule has 1 unspecified atom stereocenters. The van der Waals surface area contributed by atoms with Crippen LogP contribution in [0.15, 0.2) is 53.3 Å². The van der Waals surface area contributed by atoms with E-state index in [2.05, 4.69) is 10.3 Å². The monoisotopic (exact) mass is 443 g/mol. The Labute approximate surface area is 181 Å². The molecule has 0 saturated heterocycles. The Morgan fingerprint density at radius 2 is 1.65 bits per heavy atom. The fourth-order valence-electron chi connectivity index (χ4n) is 2.80. The zero-order valence-corrected chi connectivity index (χ0v) is 17.1. The van der Waals surface area contributed by atoms with Crippen LogP contribution in [0.5, 0.6) is 17.4 Å². The highest BCUT2D eigenvalue weighted by Gasteiger charge is 2.15. The Bertz CT molecular complexity index is 1110. The van der Waals surface area contributed by atoms with Gasteiger partial charge >= 0.3 is 10.8 Å². The molecule has 2 aromatic carbocycles. The summed E-state index contributed by atoms with van der Waals surface area (Å²) in [5.41, 5.74) is 7.54. The Balaban J connectivity index is 1.54. The van der Waals surface area contributed by atoms with Crippen molar-refractivity contribution in [3.63, 3.8) is 0 Å². The first-order chi connectivity index (χ1) is 14.8. The molecule has 3 rings (SSSR count). The Morgan fingerprint density at radius 3 is 2.16 bits per heavy atom. The first-order valence-electron chi connectivity index (χ1n) is 9.32. The largest absolute Gasteiger partial charge is 0.494 e. The van der Waals surface area contributed by atoms with Crippen LogP contribution in [-0.4, -0.2) is 39.7 Å². The predicted octanol–water partition coefficient (Wildman–Crippen LogP) is 1.60. The average molecular weight is 443 g/mol. The van der Waals surface area contributed by atoms with E-state index in [-0.39, 0.29) is 17.2 Å². The molecule has 31 heavy (non-hydrogen) atoms. The number of H-pyrrole nitrogens is 1. The van der Waals surface area contributed by atoms with Crippen molar-refractivity contribution in [2.45, 2.75) is 18.9 Å². The number of aliphatic carboxylic acids is 1. The number of nitrogens with two attached hydrogens (primary N) is 1. The van der Waals surface area contributed by atoms with Crippen molar-refractivity contribution in [3.05, 3.63) is 74.2 Å². The topological polar surface area (TPSA) is 155 Å². The van der Waals surface area contributed by atoms with Crippen LogP contribution in [0.25, 0.3) is 0 Å². The van der Waals surface area contributed by atoms with E-state index in [4.69, 9.17) is 15.6 Å². The van der Waals surface area contributed by atoms with Gasteiger partial charge in [-0.25, -0.2) is 0 Å².